The summed E-state index contributed by atoms with van der Waals surface area (Å²) in [7, 11) is 0. The van der Waals surface area contributed by atoms with E-state index in [-0.39, 0.29) is 5.41 Å². The second-order valence-corrected chi connectivity index (χ2v) is 6.99. The van der Waals surface area contributed by atoms with Crippen LogP contribution in [0.25, 0.3) is 11.4 Å². The molecule has 2 atom stereocenters. The van der Waals surface area contributed by atoms with Gasteiger partial charge in [-0.15, -0.1) is 0 Å². The molecule has 0 saturated heterocycles. The molecule has 4 rings (SSSR count). The van der Waals surface area contributed by atoms with E-state index in [4.69, 9.17) is 4.98 Å². The lowest BCUT2D eigenvalue weighted by Gasteiger charge is -2.34. The molecule has 0 aliphatic heterocycles. The smallest absolute Gasteiger partial charge is 0.0889 e. The highest BCUT2D eigenvalue weighted by Gasteiger charge is 2.60. The van der Waals surface area contributed by atoms with Gasteiger partial charge in [0, 0.05) is 11.6 Å². The minimum Gasteiger partial charge on any atom is -0.255 e. The Morgan fingerprint density at radius 3 is 2.65 bits per heavy atom. The fourth-order valence-corrected chi connectivity index (χ4v) is 4.32. The van der Waals surface area contributed by atoms with E-state index in [1.807, 2.05) is 24.4 Å². The molecule has 0 unspecified atom stereocenters. The molecule has 2 heterocycles. The van der Waals surface area contributed by atoms with Gasteiger partial charge in [0.25, 0.3) is 0 Å². The fraction of sp³-hybridized carbons (Fsp3) is 0.444. The number of aromatic nitrogens is 2. The molecule has 1 saturated carbocycles. The Morgan fingerprint density at radius 2 is 1.90 bits per heavy atom. The van der Waals surface area contributed by atoms with E-state index in [2.05, 4.69) is 37.9 Å². The van der Waals surface area contributed by atoms with Crippen molar-refractivity contribution in [1.29, 1.82) is 0 Å². The molecule has 2 nitrogen and oxygen atoms in total. The van der Waals surface area contributed by atoms with Crippen LogP contribution in [0.2, 0.25) is 0 Å². The molecular formula is C18H20N2. The maximum absolute atomic E-state index is 5.01. The minimum absolute atomic E-state index is 0.220. The maximum Gasteiger partial charge on any atom is 0.0889 e. The average molecular weight is 264 g/mol. The van der Waals surface area contributed by atoms with E-state index >= 15 is 0 Å². The molecule has 0 radical (unpaired) electrons. The van der Waals surface area contributed by atoms with E-state index in [0.717, 1.165) is 11.4 Å². The normalized spacial score (nSPS) is 29.4. The minimum atomic E-state index is 0.220. The van der Waals surface area contributed by atoms with Gasteiger partial charge in [-0.3, -0.25) is 9.97 Å². The quantitative estimate of drug-likeness (QED) is 0.766. The molecule has 0 N–H and O–H groups in total. The summed E-state index contributed by atoms with van der Waals surface area (Å²) in [6, 6.07) is 10.4. The lowest BCUT2D eigenvalue weighted by Crippen LogP contribution is -2.32. The third-order valence-corrected chi connectivity index (χ3v) is 5.98. The summed E-state index contributed by atoms with van der Waals surface area (Å²) < 4.78 is 0. The van der Waals surface area contributed by atoms with Crippen molar-refractivity contribution in [2.75, 3.05) is 0 Å². The summed E-state index contributed by atoms with van der Waals surface area (Å²) in [6.45, 7) is 7.22. The van der Waals surface area contributed by atoms with Crippen molar-refractivity contribution in [2.24, 2.45) is 5.41 Å². The van der Waals surface area contributed by atoms with Crippen molar-refractivity contribution in [1.82, 2.24) is 9.97 Å². The van der Waals surface area contributed by atoms with Gasteiger partial charge in [0.2, 0.25) is 0 Å². The van der Waals surface area contributed by atoms with Crippen LogP contribution in [0.4, 0.5) is 0 Å². The molecule has 102 valence electrons. The Morgan fingerprint density at radius 1 is 1.05 bits per heavy atom. The standard InChI is InChI=1S/C18H20N2/c1-17(2)13-9-10-18(17,3)16-12(13)7-8-15(20-16)14-6-4-5-11-19-14/h4-8,11,13H,9-10H2,1-3H3/t13-,18+/m0/s1. The van der Waals surface area contributed by atoms with Crippen LogP contribution in [-0.4, -0.2) is 9.97 Å². The van der Waals surface area contributed by atoms with Gasteiger partial charge in [-0.05, 0) is 47.9 Å². The first-order chi connectivity index (χ1) is 9.54. The zero-order chi connectivity index (χ0) is 14.0. The van der Waals surface area contributed by atoms with Crippen LogP contribution >= 0.6 is 0 Å². The van der Waals surface area contributed by atoms with Crippen LogP contribution in [0.15, 0.2) is 36.5 Å². The number of hydrogen-bond donors (Lipinski definition) is 0. The molecule has 2 aromatic rings. The average Bonchev–Trinajstić information content (AvgIpc) is 2.80. The second-order valence-electron chi connectivity index (χ2n) is 6.99. The number of pyridine rings is 2. The van der Waals surface area contributed by atoms with Crippen LogP contribution in [0.5, 0.6) is 0 Å². The third kappa shape index (κ3) is 1.29. The van der Waals surface area contributed by atoms with Crippen molar-refractivity contribution in [3.8, 4) is 11.4 Å². The van der Waals surface area contributed by atoms with Crippen LogP contribution in [0.3, 0.4) is 0 Å². The molecular weight excluding hydrogens is 244 g/mol. The van der Waals surface area contributed by atoms with Gasteiger partial charge < -0.3 is 0 Å². The van der Waals surface area contributed by atoms with Gasteiger partial charge in [-0.2, -0.15) is 0 Å². The molecule has 0 spiro atoms. The van der Waals surface area contributed by atoms with Crippen molar-refractivity contribution in [3.63, 3.8) is 0 Å². The zero-order valence-corrected chi connectivity index (χ0v) is 12.4. The SMILES string of the molecule is CC1(C)[C@H]2CC[C@]1(C)c1nc(-c3ccccn3)ccc12. The molecule has 2 bridgehead atoms. The lowest BCUT2D eigenvalue weighted by atomic mass is 9.70. The second kappa shape index (κ2) is 3.69. The van der Waals surface area contributed by atoms with Crippen LogP contribution in [0, 0.1) is 5.41 Å². The summed E-state index contributed by atoms with van der Waals surface area (Å²) >= 11 is 0. The first-order valence-corrected chi connectivity index (χ1v) is 7.47. The third-order valence-electron chi connectivity index (χ3n) is 5.98. The Hall–Kier alpha value is -1.70. The highest BCUT2D eigenvalue weighted by Crippen LogP contribution is 2.67. The van der Waals surface area contributed by atoms with Crippen molar-refractivity contribution >= 4 is 0 Å². The van der Waals surface area contributed by atoms with Gasteiger partial charge in [-0.25, -0.2) is 0 Å². The Kier molecular flexibility index (Phi) is 2.23. The fourth-order valence-electron chi connectivity index (χ4n) is 4.32. The maximum atomic E-state index is 5.01. The monoisotopic (exact) mass is 264 g/mol. The summed E-state index contributed by atoms with van der Waals surface area (Å²) in [5.41, 5.74) is 5.32. The Balaban J connectivity index is 1.90. The highest BCUT2D eigenvalue weighted by atomic mass is 14.8. The number of rotatable bonds is 1. The zero-order valence-electron chi connectivity index (χ0n) is 12.4. The Labute approximate surface area is 120 Å². The number of hydrogen-bond acceptors (Lipinski definition) is 2. The van der Waals surface area contributed by atoms with Gasteiger partial charge >= 0.3 is 0 Å². The van der Waals surface area contributed by atoms with E-state index in [0.29, 0.717) is 11.3 Å². The van der Waals surface area contributed by atoms with Crippen LogP contribution in [-0.2, 0) is 5.41 Å². The molecule has 2 aliphatic carbocycles. The van der Waals surface area contributed by atoms with Crippen molar-refractivity contribution in [2.45, 2.75) is 44.9 Å². The topological polar surface area (TPSA) is 25.8 Å². The molecule has 1 fully saturated rings. The van der Waals surface area contributed by atoms with E-state index < -0.39 is 0 Å². The van der Waals surface area contributed by atoms with Crippen LogP contribution in [0.1, 0.15) is 50.8 Å². The van der Waals surface area contributed by atoms with Crippen LogP contribution < -0.4 is 0 Å². The molecule has 0 aromatic carbocycles. The first kappa shape index (κ1) is 12.1. The number of fused-ring (bicyclic) bond motifs is 5. The molecule has 20 heavy (non-hydrogen) atoms. The molecule has 2 aliphatic rings. The van der Waals surface area contributed by atoms with Gasteiger partial charge in [0.15, 0.2) is 0 Å². The first-order valence-electron chi connectivity index (χ1n) is 7.47. The summed E-state index contributed by atoms with van der Waals surface area (Å²) in [5.74, 6) is 0.674. The van der Waals surface area contributed by atoms with E-state index in [1.165, 1.54) is 24.1 Å². The summed E-state index contributed by atoms with van der Waals surface area (Å²) in [6.07, 6.45) is 4.40. The molecule has 2 heteroatoms. The predicted molar refractivity (Wildman–Crippen MR) is 80.6 cm³/mol. The largest absolute Gasteiger partial charge is 0.255 e. The van der Waals surface area contributed by atoms with Crippen molar-refractivity contribution < 1.29 is 0 Å². The van der Waals surface area contributed by atoms with Crippen molar-refractivity contribution in [3.05, 3.63) is 47.8 Å². The predicted octanol–water partition coefficient (Wildman–Crippen LogP) is 4.32. The summed E-state index contributed by atoms with van der Waals surface area (Å²) in [4.78, 5) is 9.44. The molecule has 2 aromatic heterocycles. The molecule has 0 amide bonds. The van der Waals surface area contributed by atoms with E-state index in [9.17, 15) is 0 Å². The number of nitrogens with zero attached hydrogens (tertiary/aromatic N) is 2. The van der Waals surface area contributed by atoms with E-state index in [1.54, 1.807) is 0 Å². The highest BCUT2D eigenvalue weighted by molar-refractivity contribution is 5.57. The lowest BCUT2D eigenvalue weighted by molar-refractivity contribution is 0.227. The Bertz CT molecular complexity index is 675. The summed E-state index contributed by atoms with van der Waals surface area (Å²) in [5, 5.41) is 0. The van der Waals surface area contributed by atoms with Gasteiger partial charge in [0.05, 0.1) is 17.1 Å². The van der Waals surface area contributed by atoms with Gasteiger partial charge in [-0.1, -0.05) is 32.9 Å². The van der Waals surface area contributed by atoms with Gasteiger partial charge in [0.1, 0.15) is 0 Å².